The Hall–Kier alpha value is -3.09. The van der Waals surface area contributed by atoms with Crippen LogP contribution in [0, 0.1) is 11.2 Å². The number of benzene rings is 2. The number of halogens is 1. The average molecular weight is 438 g/mol. The highest BCUT2D eigenvalue weighted by molar-refractivity contribution is 5.88. The number of piperidine rings is 1. The largest absolute Gasteiger partial charge is 0.481 e. The van der Waals surface area contributed by atoms with Crippen LogP contribution in [0.4, 0.5) is 15.8 Å². The quantitative estimate of drug-likeness (QED) is 0.755. The van der Waals surface area contributed by atoms with E-state index in [2.05, 4.69) is 10.2 Å². The zero-order chi connectivity index (χ0) is 22.7. The molecule has 32 heavy (non-hydrogen) atoms. The minimum Gasteiger partial charge on any atom is -0.481 e. The van der Waals surface area contributed by atoms with Gasteiger partial charge in [-0.3, -0.25) is 9.59 Å². The van der Waals surface area contributed by atoms with Crippen molar-refractivity contribution < 1.29 is 19.1 Å². The van der Waals surface area contributed by atoms with Crippen LogP contribution in [0.1, 0.15) is 38.2 Å². The van der Waals surface area contributed by atoms with Gasteiger partial charge in [-0.05, 0) is 54.0 Å². The molecule has 0 aromatic heterocycles. The molecule has 3 aliphatic rings. The van der Waals surface area contributed by atoms with Crippen molar-refractivity contribution in [1.82, 2.24) is 4.90 Å². The van der Waals surface area contributed by atoms with E-state index in [1.165, 1.54) is 6.07 Å². The first-order valence-electron chi connectivity index (χ1n) is 11.2. The summed E-state index contributed by atoms with van der Waals surface area (Å²) >= 11 is 0. The van der Waals surface area contributed by atoms with Gasteiger partial charge >= 0.3 is 5.97 Å². The van der Waals surface area contributed by atoms with Crippen molar-refractivity contribution in [1.29, 1.82) is 0 Å². The number of carboxylic acids is 1. The number of carbonyl (C=O) groups excluding carboxylic acids is 1. The van der Waals surface area contributed by atoms with E-state index in [4.69, 9.17) is 0 Å². The maximum Gasteiger partial charge on any atom is 0.314 e. The molecule has 6 nitrogen and oxygen atoms in total. The molecular formula is C25H28FN3O3. The minimum absolute atomic E-state index is 0.0898. The predicted molar refractivity (Wildman–Crippen MR) is 121 cm³/mol. The van der Waals surface area contributed by atoms with Gasteiger partial charge in [0.25, 0.3) is 0 Å². The molecule has 2 fully saturated rings. The van der Waals surface area contributed by atoms with Gasteiger partial charge in [0.1, 0.15) is 11.2 Å². The summed E-state index contributed by atoms with van der Waals surface area (Å²) in [6.45, 7) is 3.64. The summed E-state index contributed by atoms with van der Waals surface area (Å²) in [5.74, 6) is -1.35. The number of amides is 1. The Morgan fingerprint density at radius 3 is 2.47 bits per heavy atom. The number of hydrogen-bond donors (Lipinski definition) is 2. The van der Waals surface area contributed by atoms with E-state index in [-0.39, 0.29) is 11.5 Å². The molecule has 0 radical (unpaired) electrons. The first kappa shape index (κ1) is 20.8. The highest BCUT2D eigenvalue weighted by Gasteiger charge is 2.73. The monoisotopic (exact) mass is 437 g/mol. The molecule has 1 amide bonds. The molecule has 1 spiro atoms. The van der Waals surface area contributed by atoms with Crippen LogP contribution in [0.15, 0.2) is 36.4 Å². The van der Waals surface area contributed by atoms with Crippen LogP contribution in [0.5, 0.6) is 0 Å². The molecule has 1 saturated heterocycles. The molecule has 2 aromatic rings. The second kappa shape index (κ2) is 7.22. The van der Waals surface area contributed by atoms with Crippen molar-refractivity contribution >= 4 is 23.3 Å². The maximum atomic E-state index is 15.4. The van der Waals surface area contributed by atoms with Crippen LogP contribution in [0.3, 0.4) is 0 Å². The summed E-state index contributed by atoms with van der Waals surface area (Å²) in [5.41, 5.74) is 2.30. The molecule has 2 heterocycles. The fourth-order valence-corrected chi connectivity index (χ4v) is 5.79. The molecule has 2 N–H and O–H groups in total. The Morgan fingerprint density at radius 2 is 1.81 bits per heavy atom. The number of nitrogens with zero attached hydrogens (tertiary/aromatic N) is 2. The summed E-state index contributed by atoms with van der Waals surface area (Å²) in [6.07, 6.45) is 2.06. The minimum atomic E-state index is -1.21. The molecule has 1 saturated carbocycles. The van der Waals surface area contributed by atoms with Crippen LogP contribution >= 0.6 is 0 Å². The van der Waals surface area contributed by atoms with E-state index in [9.17, 15) is 14.7 Å². The standard InChI is InChI=1S/C25H28FN3O3/c1-3-22(30)29-10-8-24(9-11-29)14-25(24,23(31)32)18-6-4-16(12-19(18)26)17-5-7-21-20(13-17)27-15-28(21)2/h4-7,12-13,27H,3,8-11,14-15H2,1-2H3,(H,31,32)/t25-/m0/s1. The summed E-state index contributed by atoms with van der Waals surface area (Å²) in [4.78, 5) is 28.4. The number of likely N-dealkylation sites (tertiary alicyclic amines) is 1. The van der Waals surface area contributed by atoms with Gasteiger partial charge in [0.05, 0.1) is 18.0 Å². The smallest absolute Gasteiger partial charge is 0.314 e. The summed E-state index contributed by atoms with van der Waals surface area (Å²) in [7, 11) is 2.01. The van der Waals surface area contributed by atoms with Gasteiger partial charge in [-0.1, -0.05) is 25.1 Å². The highest BCUT2D eigenvalue weighted by Crippen LogP contribution is 2.70. The lowest BCUT2D eigenvalue weighted by atomic mass is 9.79. The van der Waals surface area contributed by atoms with E-state index >= 15 is 4.39 Å². The molecule has 0 bridgehead atoms. The Kier molecular flexibility index (Phi) is 4.69. The number of anilines is 2. The van der Waals surface area contributed by atoms with Gasteiger partial charge in [-0.25, -0.2) is 4.39 Å². The lowest BCUT2D eigenvalue weighted by molar-refractivity contribution is -0.141. The van der Waals surface area contributed by atoms with E-state index in [0.29, 0.717) is 38.8 Å². The van der Waals surface area contributed by atoms with Gasteiger partial charge in [0.15, 0.2) is 0 Å². The number of aliphatic carboxylic acids is 1. The molecule has 1 atom stereocenters. The summed E-state index contributed by atoms with van der Waals surface area (Å²) < 4.78 is 15.4. The summed E-state index contributed by atoms with van der Waals surface area (Å²) in [6, 6.07) is 10.9. The van der Waals surface area contributed by atoms with Crippen LogP contribution in [0.2, 0.25) is 0 Å². The third kappa shape index (κ3) is 2.90. The van der Waals surface area contributed by atoms with Crippen molar-refractivity contribution in [3.8, 4) is 11.1 Å². The Morgan fingerprint density at radius 1 is 1.12 bits per heavy atom. The Balaban J connectivity index is 1.43. The Bertz CT molecular complexity index is 1110. The molecule has 2 aromatic carbocycles. The number of carbonyl (C=O) groups is 2. The number of rotatable bonds is 4. The topological polar surface area (TPSA) is 72.9 Å². The number of fused-ring (bicyclic) bond motifs is 1. The van der Waals surface area contributed by atoms with Crippen LogP contribution in [0.25, 0.3) is 11.1 Å². The zero-order valence-electron chi connectivity index (χ0n) is 18.4. The molecule has 1 aliphatic carbocycles. The predicted octanol–water partition coefficient (Wildman–Crippen LogP) is 4.06. The maximum absolute atomic E-state index is 15.4. The van der Waals surface area contributed by atoms with Crippen molar-refractivity contribution in [2.24, 2.45) is 5.41 Å². The molecular weight excluding hydrogens is 409 g/mol. The fourth-order valence-electron chi connectivity index (χ4n) is 5.79. The fraction of sp³-hybridized carbons (Fsp3) is 0.440. The number of nitrogens with one attached hydrogen (secondary N) is 1. The second-order valence-electron chi connectivity index (χ2n) is 9.36. The third-order valence-corrected chi connectivity index (χ3v) is 7.80. The van der Waals surface area contributed by atoms with Crippen molar-refractivity contribution in [2.75, 3.05) is 37.0 Å². The van der Waals surface area contributed by atoms with Crippen molar-refractivity contribution in [2.45, 2.75) is 38.0 Å². The van der Waals surface area contributed by atoms with E-state index in [1.54, 1.807) is 11.0 Å². The van der Waals surface area contributed by atoms with E-state index < -0.39 is 22.6 Å². The van der Waals surface area contributed by atoms with Gasteiger partial charge < -0.3 is 20.2 Å². The lowest BCUT2D eigenvalue weighted by Gasteiger charge is -2.35. The van der Waals surface area contributed by atoms with E-state index in [1.807, 2.05) is 38.2 Å². The second-order valence-corrected chi connectivity index (χ2v) is 9.36. The van der Waals surface area contributed by atoms with Crippen molar-refractivity contribution in [3.63, 3.8) is 0 Å². The normalized spacial score (nSPS) is 23.1. The van der Waals surface area contributed by atoms with Gasteiger partial charge in [0.2, 0.25) is 5.91 Å². The van der Waals surface area contributed by atoms with Crippen LogP contribution in [-0.4, -0.2) is 48.7 Å². The molecule has 168 valence electrons. The molecule has 7 heteroatoms. The highest BCUT2D eigenvalue weighted by atomic mass is 19.1. The van der Waals surface area contributed by atoms with Gasteiger partial charge in [0, 0.05) is 32.1 Å². The van der Waals surface area contributed by atoms with Crippen LogP contribution < -0.4 is 10.2 Å². The number of carboxylic acid groups (broad SMARTS) is 1. The first-order chi connectivity index (χ1) is 15.3. The van der Waals surface area contributed by atoms with E-state index in [0.717, 1.165) is 29.2 Å². The summed E-state index contributed by atoms with van der Waals surface area (Å²) in [5, 5.41) is 13.5. The first-order valence-corrected chi connectivity index (χ1v) is 11.2. The van der Waals surface area contributed by atoms with Gasteiger partial charge in [-0.15, -0.1) is 0 Å². The average Bonchev–Trinajstić information content (AvgIpc) is 3.29. The molecule has 5 rings (SSSR count). The molecule has 2 aliphatic heterocycles. The third-order valence-electron chi connectivity index (χ3n) is 7.80. The van der Waals surface area contributed by atoms with Crippen molar-refractivity contribution in [3.05, 3.63) is 47.8 Å². The molecule has 0 unspecified atom stereocenters. The zero-order valence-corrected chi connectivity index (χ0v) is 18.4. The van der Waals surface area contributed by atoms with Crippen LogP contribution in [-0.2, 0) is 15.0 Å². The lowest BCUT2D eigenvalue weighted by Crippen LogP contribution is -2.42. The van der Waals surface area contributed by atoms with Gasteiger partial charge in [-0.2, -0.15) is 0 Å². The SMILES string of the molecule is CCC(=O)N1CCC2(CC1)C[C@@]2(C(=O)O)c1ccc(-c2ccc3c(c2)NCN3C)cc1F. The Labute approximate surface area is 187 Å². The number of hydrogen-bond acceptors (Lipinski definition) is 4.